The first-order valence-electron chi connectivity index (χ1n) is 14.2. The van der Waals surface area contributed by atoms with Crippen LogP contribution in [0.4, 0.5) is 0 Å². The number of thiophene rings is 1. The van der Waals surface area contributed by atoms with E-state index in [1.807, 2.05) is 47.7 Å². The van der Waals surface area contributed by atoms with Crippen molar-refractivity contribution in [1.82, 2.24) is 9.80 Å². The molecule has 0 radical (unpaired) electrons. The smallest absolute Gasteiger partial charge is 0.232 e. The zero-order chi connectivity index (χ0) is 26.2. The second kappa shape index (κ2) is 13.0. The van der Waals surface area contributed by atoms with Crippen molar-refractivity contribution in [1.29, 1.82) is 0 Å². The highest BCUT2D eigenvalue weighted by molar-refractivity contribution is 7.11. The molecule has 0 aliphatic carbocycles. The van der Waals surface area contributed by atoms with Gasteiger partial charge in [0, 0.05) is 29.4 Å². The molecule has 5 nitrogen and oxygen atoms in total. The molecule has 2 fully saturated rings. The van der Waals surface area contributed by atoms with E-state index in [1.165, 1.54) is 29.1 Å². The third-order valence-corrected chi connectivity index (χ3v) is 9.55. The molecular weight excluding hydrogens is 490 g/mol. The first-order valence-corrected chi connectivity index (χ1v) is 15.0. The number of likely N-dealkylation sites (tertiary alicyclic amines) is 1. The van der Waals surface area contributed by atoms with E-state index in [2.05, 4.69) is 46.2 Å². The molecule has 2 aromatic carbocycles. The highest BCUT2D eigenvalue weighted by Crippen LogP contribution is 2.43. The Kier molecular flexibility index (Phi) is 9.28. The first kappa shape index (κ1) is 27.1. The second-order valence-corrected chi connectivity index (χ2v) is 12.0. The van der Waals surface area contributed by atoms with Crippen LogP contribution in [0.15, 0.2) is 72.8 Å². The number of benzene rings is 2. The van der Waals surface area contributed by atoms with Crippen LogP contribution in [0.3, 0.4) is 0 Å². The molecule has 2 aliphatic rings. The fraction of sp³-hybridized carbons (Fsp3) is 0.469. The molecule has 2 saturated heterocycles. The Hall–Kier alpha value is -2.51. The van der Waals surface area contributed by atoms with Crippen molar-refractivity contribution in [2.75, 3.05) is 52.5 Å². The van der Waals surface area contributed by atoms with E-state index in [-0.39, 0.29) is 11.8 Å². The lowest BCUT2D eigenvalue weighted by atomic mass is 9.64. The molecule has 2 N–H and O–H groups in total. The van der Waals surface area contributed by atoms with E-state index >= 15 is 0 Å². The van der Waals surface area contributed by atoms with Gasteiger partial charge in [-0.15, -0.1) is 11.3 Å². The minimum atomic E-state index is -0.804. The van der Waals surface area contributed by atoms with Crippen molar-refractivity contribution in [3.05, 3.63) is 93.7 Å². The Morgan fingerprint density at radius 1 is 0.816 bits per heavy atom. The van der Waals surface area contributed by atoms with Crippen LogP contribution >= 0.6 is 11.3 Å². The van der Waals surface area contributed by atoms with Gasteiger partial charge in [0.05, 0.1) is 13.2 Å². The number of aryl methyl sites for hydroxylation is 2. The maximum Gasteiger partial charge on any atom is 0.232 e. The lowest BCUT2D eigenvalue weighted by Crippen LogP contribution is -2.49. The van der Waals surface area contributed by atoms with Crippen molar-refractivity contribution in [3.63, 3.8) is 0 Å². The highest BCUT2D eigenvalue weighted by atomic mass is 32.1. The van der Waals surface area contributed by atoms with Gasteiger partial charge in [0.1, 0.15) is 5.41 Å². The van der Waals surface area contributed by atoms with Crippen molar-refractivity contribution in [3.8, 4) is 0 Å². The molecule has 0 bridgehead atoms. The Labute approximate surface area is 231 Å². The van der Waals surface area contributed by atoms with Crippen LogP contribution in [0.25, 0.3) is 0 Å². The predicted octanol–water partition coefficient (Wildman–Crippen LogP) is 4.74. The molecule has 0 unspecified atom stereocenters. The third-order valence-electron chi connectivity index (χ3n) is 8.35. The third kappa shape index (κ3) is 6.20. The lowest BCUT2D eigenvalue weighted by Gasteiger charge is -2.37. The number of ether oxygens (including phenoxy) is 1. The Morgan fingerprint density at radius 3 is 1.92 bits per heavy atom. The molecule has 6 heteroatoms. The van der Waals surface area contributed by atoms with E-state index < -0.39 is 5.41 Å². The number of amides is 1. The number of rotatable bonds is 12. The number of nitrogens with zero attached hydrogens (tertiary/aromatic N) is 2. The Balaban J connectivity index is 1.16. The van der Waals surface area contributed by atoms with Crippen molar-refractivity contribution in [2.45, 2.75) is 37.5 Å². The molecular formula is C32H41N3O2S. The summed E-state index contributed by atoms with van der Waals surface area (Å²) in [7, 11) is 0. The second-order valence-electron chi connectivity index (χ2n) is 10.7. The zero-order valence-electron chi connectivity index (χ0n) is 22.4. The molecule has 3 heterocycles. The zero-order valence-corrected chi connectivity index (χ0v) is 23.2. The predicted molar refractivity (Wildman–Crippen MR) is 156 cm³/mol. The number of nitrogens with two attached hydrogens (primary N) is 1. The van der Waals surface area contributed by atoms with Crippen LogP contribution in [0.2, 0.25) is 0 Å². The molecule has 5 rings (SSSR count). The van der Waals surface area contributed by atoms with Gasteiger partial charge in [0.25, 0.3) is 0 Å². The molecule has 1 amide bonds. The van der Waals surface area contributed by atoms with E-state index in [1.54, 1.807) is 0 Å². The molecule has 2 aliphatic heterocycles. The van der Waals surface area contributed by atoms with Gasteiger partial charge in [0.2, 0.25) is 5.91 Å². The number of morpholine rings is 1. The van der Waals surface area contributed by atoms with Crippen LogP contribution in [0.5, 0.6) is 0 Å². The quantitative estimate of drug-likeness (QED) is 0.367. The van der Waals surface area contributed by atoms with Gasteiger partial charge >= 0.3 is 0 Å². The van der Waals surface area contributed by atoms with E-state index in [9.17, 15) is 4.79 Å². The molecule has 3 aromatic rings. The van der Waals surface area contributed by atoms with Crippen LogP contribution in [-0.4, -0.2) is 68.2 Å². The SMILES string of the molecule is NC(=O)C(c1ccccc1)(c1ccccc1)[C@@H]1CCN(CCCc2ccc(CCCN3CCOCC3)s2)C1. The Morgan fingerprint density at radius 2 is 1.37 bits per heavy atom. The van der Waals surface area contributed by atoms with Crippen molar-refractivity contribution in [2.24, 2.45) is 11.7 Å². The van der Waals surface area contributed by atoms with Gasteiger partial charge in [-0.3, -0.25) is 9.69 Å². The largest absolute Gasteiger partial charge is 0.379 e. The molecule has 1 aromatic heterocycles. The molecule has 0 saturated carbocycles. The van der Waals surface area contributed by atoms with Crippen LogP contribution in [0.1, 0.15) is 40.1 Å². The van der Waals surface area contributed by atoms with E-state index in [0.717, 1.165) is 76.3 Å². The van der Waals surface area contributed by atoms with E-state index in [0.29, 0.717) is 0 Å². The number of carbonyl (C=O) groups excluding carboxylic acids is 1. The summed E-state index contributed by atoms with van der Waals surface area (Å²) in [6.07, 6.45) is 5.62. The van der Waals surface area contributed by atoms with Crippen molar-refractivity contribution < 1.29 is 9.53 Å². The summed E-state index contributed by atoms with van der Waals surface area (Å²) in [5.74, 6) is -0.0916. The average molecular weight is 532 g/mol. The van der Waals surface area contributed by atoms with Crippen LogP contribution in [0, 0.1) is 5.92 Å². The van der Waals surface area contributed by atoms with Gasteiger partial charge in [-0.25, -0.2) is 0 Å². The first-order chi connectivity index (χ1) is 18.7. The van der Waals surface area contributed by atoms with Gasteiger partial charge in [0.15, 0.2) is 0 Å². The fourth-order valence-corrected chi connectivity index (χ4v) is 7.49. The highest BCUT2D eigenvalue weighted by Gasteiger charge is 2.49. The fourth-order valence-electron chi connectivity index (χ4n) is 6.38. The van der Waals surface area contributed by atoms with Gasteiger partial charge < -0.3 is 15.4 Å². The summed E-state index contributed by atoms with van der Waals surface area (Å²) in [6, 6.07) is 25.0. The lowest BCUT2D eigenvalue weighted by molar-refractivity contribution is -0.123. The minimum Gasteiger partial charge on any atom is -0.379 e. The van der Waals surface area contributed by atoms with Crippen LogP contribution < -0.4 is 5.73 Å². The number of hydrogen-bond donors (Lipinski definition) is 1. The number of hydrogen-bond acceptors (Lipinski definition) is 5. The van der Waals surface area contributed by atoms with E-state index in [4.69, 9.17) is 10.5 Å². The summed E-state index contributed by atoms with van der Waals surface area (Å²) < 4.78 is 5.45. The molecule has 0 spiro atoms. The molecule has 202 valence electrons. The summed E-state index contributed by atoms with van der Waals surface area (Å²) in [5, 5.41) is 0. The van der Waals surface area contributed by atoms with Crippen LogP contribution in [-0.2, 0) is 27.8 Å². The Bertz CT molecular complexity index is 1100. The normalized spacial score (nSPS) is 19.1. The molecule has 38 heavy (non-hydrogen) atoms. The average Bonchev–Trinajstić information content (AvgIpc) is 3.61. The number of primary amides is 1. The number of carbonyl (C=O) groups is 1. The minimum absolute atomic E-state index is 0.157. The monoisotopic (exact) mass is 531 g/mol. The standard InChI is InChI=1S/C32H41N3O2S/c33-31(36)32(26-9-3-1-4-10-26,27-11-5-2-6-12-27)28-17-20-35(25-28)19-8-14-30-16-15-29(38-30)13-7-18-34-21-23-37-24-22-34/h1-6,9-12,15-16,28H,7-8,13-14,17-25H2,(H2,33,36)/t28-/m1/s1. The van der Waals surface area contributed by atoms with Gasteiger partial charge in [-0.2, -0.15) is 0 Å². The maximum atomic E-state index is 13.3. The summed E-state index contributed by atoms with van der Waals surface area (Å²) in [5.41, 5.74) is 7.46. The van der Waals surface area contributed by atoms with Gasteiger partial charge in [-0.05, 0) is 80.9 Å². The summed E-state index contributed by atoms with van der Waals surface area (Å²) >= 11 is 1.98. The maximum absolute atomic E-state index is 13.3. The summed E-state index contributed by atoms with van der Waals surface area (Å²) in [4.78, 5) is 21.3. The van der Waals surface area contributed by atoms with Gasteiger partial charge in [-0.1, -0.05) is 60.7 Å². The molecule has 1 atom stereocenters. The summed E-state index contributed by atoms with van der Waals surface area (Å²) in [6.45, 7) is 8.03. The van der Waals surface area contributed by atoms with Crippen molar-refractivity contribution >= 4 is 17.2 Å². The topological polar surface area (TPSA) is 58.8 Å².